The van der Waals surface area contributed by atoms with Crippen LogP contribution in [0.15, 0.2) is 36.4 Å². The number of amides is 1. The van der Waals surface area contributed by atoms with Gasteiger partial charge in [0.15, 0.2) is 0 Å². The second kappa shape index (κ2) is 6.34. The predicted molar refractivity (Wildman–Crippen MR) is 79.3 cm³/mol. The highest BCUT2D eigenvalue weighted by Crippen LogP contribution is 2.28. The van der Waals surface area contributed by atoms with Crippen LogP contribution in [0, 0.1) is 11.6 Å². The number of carbonyl (C=O) groups is 1. The van der Waals surface area contributed by atoms with Crippen LogP contribution in [0.25, 0.3) is 0 Å². The molecule has 1 heterocycles. The standard InChI is InChI=1S/C17H15F2NO3/c18-12-2-1-3-13(19)16(12)17(22)20-9-14(21)10-4-5-15-11(8-10)6-7-23-15/h1-5,8,14,21H,6-7,9H2,(H,20,22). The van der Waals surface area contributed by atoms with Gasteiger partial charge in [-0.3, -0.25) is 4.79 Å². The molecule has 1 atom stereocenters. The summed E-state index contributed by atoms with van der Waals surface area (Å²) in [4.78, 5) is 11.9. The summed E-state index contributed by atoms with van der Waals surface area (Å²) in [5.74, 6) is -1.99. The van der Waals surface area contributed by atoms with Crippen LogP contribution in [-0.2, 0) is 6.42 Å². The van der Waals surface area contributed by atoms with Gasteiger partial charge in [0, 0.05) is 13.0 Å². The number of hydrogen-bond acceptors (Lipinski definition) is 3. The third-order valence-electron chi connectivity index (χ3n) is 3.74. The topological polar surface area (TPSA) is 58.6 Å². The van der Waals surface area contributed by atoms with E-state index in [1.54, 1.807) is 12.1 Å². The molecule has 0 spiro atoms. The van der Waals surface area contributed by atoms with Crippen LogP contribution < -0.4 is 10.1 Å². The predicted octanol–water partition coefficient (Wildman–Crippen LogP) is 2.36. The summed E-state index contributed by atoms with van der Waals surface area (Å²) in [7, 11) is 0. The highest BCUT2D eigenvalue weighted by Gasteiger charge is 2.19. The largest absolute Gasteiger partial charge is 0.493 e. The van der Waals surface area contributed by atoms with Crippen molar-refractivity contribution in [3.8, 4) is 5.75 Å². The SMILES string of the molecule is O=C(NCC(O)c1ccc2c(c1)CCO2)c1c(F)cccc1F. The van der Waals surface area contributed by atoms with Gasteiger partial charge >= 0.3 is 0 Å². The molecule has 4 nitrogen and oxygen atoms in total. The maximum atomic E-state index is 13.5. The third kappa shape index (κ3) is 3.17. The fourth-order valence-electron chi connectivity index (χ4n) is 2.52. The van der Waals surface area contributed by atoms with Gasteiger partial charge in [0.2, 0.25) is 0 Å². The molecule has 1 amide bonds. The Labute approximate surface area is 131 Å². The minimum absolute atomic E-state index is 0.147. The van der Waals surface area contributed by atoms with E-state index >= 15 is 0 Å². The molecule has 0 radical (unpaired) electrons. The van der Waals surface area contributed by atoms with Crippen LogP contribution in [0.2, 0.25) is 0 Å². The van der Waals surface area contributed by atoms with Gasteiger partial charge in [-0.1, -0.05) is 12.1 Å². The molecule has 3 rings (SSSR count). The van der Waals surface area contributed by atoms with Gasteiger partial charge in [0.1, 0.15) is 22.9 Å². The zero-order chi connectivity index (χ0) is 16.4. The molecular weight excluding hydrogens is 304 g/mol. The number of fused-ring (bicyclic) bond motifs is 1. The molecule has 1 aliphatic rings. The first-order chi connectivity index (χ1) is 11.1. The highest BCUT2D eigenvalue weighted by atomic mass is 19.1. The van der Waals surface area contributed by atoms with E-state index in [4.69, 9.17) is 4.74 Å². The summed E-state index contributed by atoms with van der Waals surface area (Å²) in [6.07, 6.45) is -0.206. The second-order valence-electron chi connectivity index (χ2n) is 5.29. The maximum absolute atomic E-state index is 13.5. The summed E-state index contributed by atoms with van der Waals surface area (Å²) < 4.78 is 32.4. The summed E-state index contributed by atoms with van der Waals surface area (Å²) in [6, 6.07) is 8.47. The summed E-state index contributed by atoms with van der Waals surface area (Å²) in [5, 5.41) is 12.5. The number of halogens is 2. The quantitative estimate of drug-likeness (QED) is 0.909. The summed E-state index contributed by atoms with van der Waals surface area (Å²) in [5.41, 5.74) is 0.957. The van der Waals surface area contributed by atoms with Gasteiger partial charge < -0.3 is 15.2 Å². The Kier molecular flexibility index (Phi) is 4.25. The van der Waals surface area contributed by atoms with Crippen LogP contribution in [0.5, 0.6) is 5.75 Å². The molecule has 1 aliphatic heterocycles. The molecule has 6 heteroatoms. The second-order valence-corrected chi connectivity index (χ2v) is 5.29. The van der Waals surface area contributed by atoms with Crippen molar-refractivity contribution < 1.29 is 23.4 Å². The van der Waals surface area contributed by atoms with Crippen molar-refractivity contribution >= 4 is 5.91 Å². The number of aliphatic hydroxyl groups excluding tert-OH is 1. The Bertz CT molecular complexity index is 728. The van der Waals surface area contributed by atoms with Gasteiger partial charge in [-0.05, 0) is 35.4 Å². The van der Waals surface area contributed by atoms with Gasteiger partial charge in [-0.2, -0.15) is 0 Å². The molecule has 0 fully saturated rings. The van der Waals surface area contributed by atoms with Gasteiger partial charge in [-0.15, -0.1) is 0 Å². The van der Waals surface area contributed by atoms with E-state index in [-0.39, 0.29) is 6.54 Å². The molecule has 120 valence electrons. The molecule has 1 unspecified atom stereocenters. The highest BCUT2D eigenvalue weighted by molar-refractivity contribution is 5.94. The van der Waals surface area contributed by atoms with Crippen molar-refractivity contribution in [2.45, 2.75) is 12.5 Å². The Morgan fingerprint density at radius 3 is 2.74 bits per heavy atom. The number of benzene rings is 2. The van der Waals surface area contributed by atoms with Crippen LogP contribution in [-0.4, -0.2) is 24.2 Å². The molecule has 0 saturated heterocycles. The van der Waals surface area contributed by atoms with E-state index in [0.29, 0.717) is 12.2 Å². The van der Waals surface area contributed by atoms with Crippen molar-refractivity contribution in [1.29, 1.82) is 0 Å². The number of carbonyl (C=O) groups excluding carboxylic acids is 1. The fraction of sp³-hybridized carbons (Fsp3) is 0.235. The fourth-order valence-corrected chi connectivity index (χ4v) is 2.52. The van der Waals surface area contributed by atoms with Crippen molar-refractivity contribution in [2.24, 2.45) is 0 Å². The van der Waals surface area contributed by atoms with E-state index in [0.717, 1.165) is 29.9 Å². The van der Waals surface area contributed by atoms with Gasteiger partial charge in [0.05, 0.1) is 12.7 Å². The average molecular weight is 319 g/mol. The Hall–Kier alpha value is -2.47. The molecule has 2 N–H and O–H groups in total. The smallest absolute Gasteiger partial charge is 0.257 e. The Balaban J connectivity index is 1.67. The van der Waals surface area contributed by atoms with Crippen LogP contribution >= 0.6 is 0 Å². The van der Waals surface area contributed by atoms with E-state index in [1.807, 2.05) is 6.07 Å². The molecule has 23 heavy (non-hydrogen) atoms. The zero-order valence-corrected chi connectivity index (χ0v) is 12.2. The molecule has 0 aliphatic carbocycles. The first-order valence-corrected chi connectivity index (χ1v) is 7.22. The Morgan fingerprint density at radius 2 is 2.00 bits per heavy atom. The molecule has 0 aromatic heterocycles. The number of hydrogen-bond donors (Lipinski definition) is 2. The van der Waals surface area contributed by atoms with E-state index in [2.05, 4.69) is 5.32 Å². The summed E-state index contributed by atoms with van der Waals surface area (Å²) >= 11 is 0. The van der Waals surface area contributed by atoms with Crippen LogP contribution in [0.4, 0.5) is 8.78 Å². The normalized spacial score (nSPS) is 14.0. The van der Waals surface area contributed by atoms with Crippen LogP contribution in [0.1, 0.15) is 27.6 Å². The molecule has 0 bridgehead atoms. The molecule has 2 aromatic rings. The lowest BCUT2D eigenvalue weighted by Crippen LogP contribution is -2.29. The van der Waals surface area contributed by atoms with Crippen molar-refractivity contribution in [3.05, 3.63) is 64.7 Å². The number of aliphatic hydroxyl groups is 1. The van der Waals surface area contributed by atoms with E-state index in [9.17, 15) is 18.7 Å². The lowest BCUT2D eigenvalue weighted by Gasteiger charge is -2.14. The van der Waals surface area contributed by atoms with Crippen LogP contribution in [0.3, 0.4) is 0 Å². The molecule has 2 aromatic carbocycles. The number of ether oxygens (including phenoxy) is 1. The minimum Gasteiger partial charge on any atom is -0.493 e. The van der Waals surface area contributed by atoms with Crippen molar-refractivity contribution in [2.75, 3.05) is 13.2 Å². The Morgan fingerprint density at radius 1 is 1.26 bits per heavy atom. The summed E-state index contributed by atoms with van der Waals surface area (Å²) in [6.45, 7) is 0.463. The van der Waals surface area contributed by atoms with Gasteiger partial charge in [0.25, 0.3) is 5.91 Å². The zero-order valence-electron chi connectivity index (χ0n) is 12.2. The van der Waals surface area contributed by atoms with Crippen molar-refractivity contribution in [1.82, 2.24) is 5.32 Å². The number of rotatable bonds is 4. The lowest BCUT2D eigenvalue weighted by atomic mass is 10.0. The minimum atomic E-state index is -0.973. The lowest BCUT2D eigenvalue weighted by molar-refractivity contribution is 0.0908. The third-order valence-corrected chi connectivity index (χ3v) is 3.74. The monoisotopic (exact) mass is 319 g/mol. The van der Waals surface area contributed by atoms with E-state index in [1.165, 1.54) is 6.07 Å². The molecule has 0 saturated carbocycles. The van der Waals surface area contributed by atoms with E-state index < -0.39 is 29.2 Å². The van der Waals surface area contributed by atoms with Crippen molar-refractivity contribution in [3.63, 3.8) is 0 Å². The first kappa shape index (κ1) is 15.4. The first-order valence-electron chi connectivity index (χ1n) is 7.22. The average Bonchev–Trinajstić information content (AvgIpc) is 3.00. The van der Waals surface area contributed by atoms with Gasteiger partial charge in [-0.25, -0.2) is 8.78 Å². The molecular formula is C17H15F2NO3. The number of nitrogens with one attached hydrogen (secondary N) is 1. The maximum Gasteiger partial charge on any atom is 0.257 e.